The zero-order valence-corrected chi connectivity index (χ0v) is 16.0. The highest BCUT2D eigenvalue weighted by Crippen LogP contribution is 2.31. The predicted octanol–water partition coefficient (Wildman–Crippen LogP) is 3.70. The minimum absolute atomic E-state index is 0.358. The fourth-order valence-corrected chi connectivity index (χ4v) is 3.45. The molecule has 6 nitrogen and oxygen atoms in total. The lowest BCUT2D eigenvalue weighted by molar-refractivity contribution is 0.355. The number of hydrogen-bond donors (Lipinski definition) is 1. The number of aromatic nitrogens is 2. The Hall–Kier alpha value is -2.50. The summed E-state index contributed by atoms with van der Waals surface area (Å²) in [6.07, 6.45) is 5.85. The van der Waals surface area contributed by atoms with Gasteiger partial charge in [-0.1, -0.05) is 13.8 Å². The number of benzene rings is 1. The molecule has 1 aromatic heterocycles. The first-order valence-corrected chi connectivity index (χ1v) is 9.15. The lowest BCUT2D eigenvalue weighted by Crippen LogP contribution is -2.43. The Balaban J connectivity index is 1.73. The molecule has 0 aliphatic carbocycles. The second kappa shape index (κ2) is 8.25. The van der Waals surface area contributed by atoms with Crippen LogP contribution in [0.15, 0.2) is 30.7 Å². The molecule has 1 aromatic carbocycles. The van der Waals surface area contributed by atoms with Crippen LogP contribution in [-0.4, -0.2) is 43.3 Å². The average molecular weight is 356 g/mol. The van der Waals surface area contributed by atoms with Crippen molar-refractivity contribution in [3.8, 4) is 11.5 Å². The number of methoxy groups -OCH3 is 2. The summed E-state index contributed by atoms with van der Waals surface area (Å²) in [5, 5.41) is 3.63. The maximum Gasteiger partial charge on any atom is 0.162 e. The maximum absolute atomic E-state index is 5.41. The number of piperidine rings is 1. The van der Waals surface area contributed by atoms with E-state index in [-0.39, 0.29) is 0 Å². The summed E-state index contributed by atoms with van der Waals surface area (Å²) in [6, 6.07) is 6.31. The largest absolute Gasteiger partial charge is 0.493 e. The van der Waals surface area contributed by atoms with E-state index in [4.69, 9.17) is 9.47 Å². The average Bonchev–Trinajstić information content (AvgIpc) is 2.68. The molecule has 0 amide bonds. The number of anilines is 2. The van der Waals surface area contributed by atoms with Crippen molar-refractivity contribution in [3.63, 3.8) is 0 Å². The van der Waals surface area contributed by atoms with Crippen molar-refractivity contribution < 1.29 is 9.47 Å². The summed E-state index contributed by atoms with van der Waals surface area (Å²) in [6.45, 7) is 6.32. The van der Waals surface area contributed by atoms with Gasteiger partial charge in [0.25, 0.3) is 0 Å². The maximum atomic E-state index is 5.41. The van der Waals surface area contributed by atoms with Crippen molar-refractivity contribution in [1.29, 1.82) is 0 Å². The Morgan fingerprint density at radius 3 is 2.73 bits per heavy atom. The van der Waals surface area contributed by atoms with E-state index < -0.39 is 0 Å². The molecule has 1 saturated heterocycles. The summed E-state index contributed by atoms with van der Waals surface area (Å²) >= 11 is 0. The van der Waals surface area contributed by atoms with Crippen LogP contribution in [0.5, 0.6) is 11.5 Å². The van der Waals surface area contributed by atoms with Gasteiger partial charge >= 0.3 is 0 Å². The summed E-state index contributed by atoms with van der Waals surface area (Å²) in [7, 11) is 3.31. The summed E-state index contributed by atoms with van der Waals surface area (Å²) in [5.74, 6) is 2.95. The van der Waals surface area contributed by atoms with Crippen LogP contribution in [0.3, 0.4) is 0 Å². The van der Waals surface area contributed by atoms with E-state index in [1.54, 1.807) is 20.5 Å². The first-order chi connectivity index (χ1) is 12.6. The standard InChI is InChI=1S/C20H28N4O2/c1-14(2)17-11-21-13-22-20(17)24-9-5-6-16(12-24)23-15-7-8-18(25-3)19(10-15)26-4/h7-8,10-11,13-14,16,23H,5-6,9,12H2,1-4H3/t16-/m1/s1. The van der Waals surface area contributed by atoms with E-state index in [0.717, 1.165) is 48.9 Å². The fourth-order valence-electron chi connectivity index (χ4n) is 3.45. The molecule has 1 aliphatic heterocycles. The third-order valence-corrected chi connectivity index (χ3v) is 4.82. The Morgan fingerprint density at radius 2 is 2.00 bits per heavy atom. The van der Waals surface area contributed by atoms with Gasteiger partial charge in [0, 0.05) is 42.6 Å². The molecule has 1 N–H and O–H groups in total. The van der Waals surface area contributed by atoms with Gasteiger partial charge in [-0.2, -0.15) is 0 Å². The topological polar surface area (TPSA) is 59.5 Å². The molecule has 1 atom stereocenters. The van der Waals surface area contributed by atoms with Gasteiger partial charge in [-0.3, -0.25) is 0 Å². The zero-order chi connectivity index (χ0) is 18.5. The van der Waals surface area contributed by atoms with Crippen LogP contribution in [0.4, 0.5) is 11.5 Å². The summed E-state index contributed by atoms with van der Waals surface area (Å²) < 4.78 is 10.7. The van der Waals surface area contributed by atoms with Gasteiger partial charge in [0.1, 0.15) is 12.1 Å². The first kappa shape index (κ1) is 18.3. The number of hydrogen-bond acceptors (Lipinski definition) is 6. The van der Waals surface area contributed by atoms with Gasteiger partial charge in [0.2, 0.25) is 0 Å². The Morgan fingerprint density at radius 1 is 1.19 bits per heavy atom. The quantitative estimate of drug-likeness (QED) is 0.852. The van der Waals surface area contributed by atoms with E-state index in [9.17, 15) is 0 Å². The van der Waals surface area contributed by atoms with Gasteiger partial charge in [0.05, 0.1) is 14.2 Å². The van der Waals surface area contributed by atoms with Gasteiger partial charge in [-0.15, -0.1) is 0 Å². The number of nitrogens with one attached hydrogen (secondary N) is 1. The normalized spacial score (nSPS) is 17.3. The van der Waals surface area contributed by atoms with Crippen molar-refractivity contribution in [2.45, 2.75) is 38.6 Å². The Bertz CT molecular complexity index is 736. The van der Waals surface area contributed by atoms with Crippen molar-refractivity contribution in [2.75, 3.05) is 37.5 Å². The highest BCUT2D eigenvalue weighted by atomic mass is 16.5. The van der Waals surface area contributed by atoms with Gasteiger partial charge in [0.15, 0.2) is 11.5 Å². The Labute approximate surface area is 155 Å². The minimum Gasteiger partial charge on any atom is -0.493 e. The molecule has 0 saturated carbocycles. The van der Waals surface area contributed by atoms with Crippen molar-refractivity contribution in [1.82, 2.24) is 9.97 Å². The third kappa shape index (κ3) is 4.00. The van der Waals surface area contributed by atoms with Crippen LogP contribution in [-0.2, 0) is 0 Å². The number of nitrogens with zero attached hydrogens (tertiary/aromatic N) is 3. The van der Waals surface area contributed by atoms with E-state index in [1.807, 2.05) is 24.4 Å². The van der Waals surface area contributed by atoms with Gasteiger partial charge in [-0.25, -0.2) is 9.97 Å². The molecule has 1 aliphatic rings. The molecule has 0 unspecified atom stereocenters. The van der Waals surface area contributed by atoms with Crippen molar-refractivity contribution in [2.24, 2.45) is 0 Å². The molecule has 0 spiro atoms. The predicted molar refractivity (Wildman–Crippen MR) is 105 cm³/mol. The molecule has 140 valence electrons. The van der Waals surface area contributed by atoms with Crippen LogP contribution in [0.2, 0.25) is 0 Å². The Kier molecular flexibility index (Phi) is 5.81. The molecular weight excluding hydrogens is 328 g/mol. The smallest absolute Gasteiger partial charge is 0.162 e. The lowest BCUT2D eigenvalue weighted by atomic mass is 10.0. The highest BCUT2D eigenvalue weighted by Gasteiger charge is 2.23. The van der Waals surface area contributed by atoms with E-state index in [0.29, 0.717) is 12.0 Å². The molecule has 0 bridgehead atoms. The fraction of sp³-hybridized carbons (Fsp3) is 0.500. The zero-order valence-electron chi connectivity index (χ0n) is 16.0. The lowest BCUT2D eigenvalue weighted by Gasteiger charge is -2.35. The molecule has 6 heteroatoms. The van der Waals surface area contributed by atoms with Crippen LogP contribution in [0, 0.1) is 0 Å². The monoisotopic (exact) mass is 356 g/mol. The minimum atomic E-state index is 0.358. The van der Waals surface area contributed by atoms with Crippen molar-refractivity contribution in [3.05, 3.63) is 36.3 Å². The molecular formula is C20H28N4O2. The number of ether oxygens (including phenoxy) is 2. The van der Waals surface area contributed by atoms with E-state index in [2.05, 4.69) is 34.0 Å². The van der Waals surface area contributed by atoms with Crippen LogP contribution < -0.4 is 19.7 Å². The van der Waals surface area contributed by atoms with Gasteiger partial charge in [-0.05, 0) is 30.9 Å². The SMILES string of the molecule is COc1ccc(N[C@@H]2CCCN(c3ncncc3C(C)C)C2)cc1OC. The van der Waals surface area contributed by atoms with Crippen LogP contribution in [0.1, 0.15) is 38.2 Å². The third-order valence-electron chi connectivity index (χ3n) is 4.82. The molecule has 2 aromatic rings. The van der Waals surface area contributed by atoms with E-state index >= 15 is 0 Å². The highest BCUT2D eigenvalue weighted by molar-refractivity contribution is 5.56. The van der Waals surface area contributed by atoms with Crippen LogP contribution in [0.25, 0.3) is 0 Å². The molecule has 26 heavy (non-hydrogen) atoms. The van der Waals surface area contributed by atoms with Crippen LogP contribution >= 0.6 is 0 Å². The van der Waals surface area contributed by atoms with Gasteiger partial charge < -0.3 is 19.7 Å². The molecule has 1 fully saturated rings. The molecule has 0 radical (unpaired) electrons. The second-order valence-electron chi connectivity index (χ2n) is 6.96. The summed E-state index contributed by atoms with van der Waals surface area (Å²) in [5.41, 5.74) is 2.25. The second-order valence-corrected chi connectivity index (χ2v) is 6.96. The summed E-state index contributed by atoms with van der Waals surface area (Å²) in [4.78, 5) is 11.1. The molecule has 3 rings (SSSR count). The van der Waals surface area contributed by atoms with Crippen molar-refractivity contribution >= 4 is 11.5 Å². The first-order valence-electron chi connectivity index (χ1n) is 9.15. The molecule has 2 heterocycles. The number of rotatable bonds is 6. The van der Waals surface area contributed by atoms with E-state index in [1.165, 1.54) is 5.56 Å².